The van der Waals surface area contributed by atoms with E-state index in [4.69, 9.17) is 4.74 Å². The molecule has 2 aromatic rings. The predicted octanol–water partition coefficient (Wildman–Crippen LogP) is 3.12. The molecular weight excluding hydrogens is 364 g/mol. The number of hydrogen-bond donors (Lipinski definition) is 2. The molecule has 1 aliphatic rings. The third kappa shape index (κ3) is 5.50. The summed E-state index contributed by atoms with van der Waals surface area (Å²) in [5.41, 5.74) is 2.99. The molecular formula is C23H30N4O2. The quantitative estimate of drug-likeness (QED) is 0.604. The van der Waals surface area contributed by atoms with Gasteiger partial charge in [0, 0.05) is 31.4 Å². The van der Waals surface area contributed by atoms with Gasteiger partial charge in [0.25, 0.3) is 0 Å². The van der Waals surface area contributed by atoms with E-state index in [0.29, 0.717) is 12.5 Å². The molecule has 2 aromatic carbocycles. The standard InChI is InChI=1S/C23H30N4O2/c1-23(2,3)29-20-12-8-6-10-18(20)15-25-22(24-4)26-16-21(28)27-14-13-17-9-5-7-11-19(17)27/h5-12H,13-16H2,1-4H3,(H2,24,25,26). The normalized spacial score (nSPS) is 13.8. The molecule has 1 aliphatic heterocycles. The highest BCUT2D eigenvalue weighted by Crippen LogP contribution is 2.27. The minimum Gasteiger partial charge on any atom is -0.488 e. The molecule has 0 fully saturated rings. The second-order valence-electron chi connectivity index (χ2n) is 8.03. The maximum atomic E-state index is 12.7. The van der Waals surface area contributed by atoms with Gasteiger partial charge in [0.1, 0.15) is 11.4 Å². The molecule has 154 valence electrons. The van der Waals surface area contributed by atoms with Crippen molar-refractivity contribution in [3.8, 4) is 5.75 Å². The minimum absolute atomic E-state index is 0.0365. The number of carbonyl (C=O) groups is 1. The molecule has 29 heavy (non-hydrogen) atoms. The maximum absolute atomic E-state index is 12.7. The molecule has 1 amide bonds. The first-order chi connectivity index (χ1) is 13.9. The molecule has 0 spiro atoms. The van der Waals surface area contributed by atoms with Crippen LogP contribution in [0.5, 0.6) is 5.75 Å². The van der Waals surface area contributed by atoms with Crippen molar-refractivity contribution in [1.82, 2.24) is 10.6 Å². The predicted molar refractivity (Wildman–Crippen MR) is 118 cm³/mol. The van der Waals surface area contributed by atoms with Gasteiger partial charge in [-0.05, 0) is 44.9 Å². The molecule has 6 nitrogen and oxygen atoms in total. The summed E-state index contributed by atoms with van der Waals surface area (Å²) in [4.78, 5) is 18.7. The minimum atomic E-state index is -0.269. The van der Waals surface area contributed by atoms with Crippen LogP contribution in [0, 0.1) is 0 Å². The number of amides is 1. The zero-order valence-electron chi connectivity index (χ0n) is 17.7. The van der Waals surface area contributed by atoms with Crippen molar-refractivity contribution < 1.29 is 9.53 Å². The van der Waals surface area contributed by atoms with Crippen LogP contribution >= 0.6 is 0 Å². The Morgan fingerprint density at radius 1 is 1.10 bits per heavy atom. The molecule has 6 heteroatoms. The third-order valence-electron chi connectivity index (χ3n) is 4.65. The van der Waals surface area contributed by atoms with Gasteiger partial charge in [-0.15, -0.1) is 0 Å². The molecule has 0 radical (unpaired) electrons. The number of benzene rings is 2. The van der Waals surface area contributed by atoms with E-state index in [9.17, 15) is 4.79 Å². The summed E-state index contributed by atoms with van der Waals surface area (Å²) in [6, 6.07) is 16.0. The lowest BCUT2D eigenvalue weighted by Gasteiger charge is -2.23. The summed E-state index contributed by atoms with van der Waals surface area (Å²) in [7, 11) is 1.70. The summed E-state index contributed by atoms with van der Waals surface area (Å²) >= 11 is 0. The molecule has 0 aromatic heterocycles. The number of anilines is 1. The third-order valence-corrected chi connectivity index (χ3v) is 4.65. The van der Waals surface area contributed by atoms with Crippen LogP contribution in [0.1, 0.15) is 31.9 Å². The largest absolute Gasteiger partial charge is 0.488 e. The van der Waals surface area contributed by atoms with E-state index >= 15 is 0 Å². The molecule has 1 heterocycles. The first-order valence-electron chi connectivity index (χ1n) is 9.97. The van der Waals surface area contributed by atoms with Crippen molar-refractivity contribution in [3.05, 3.63) is 59.7 Å². The van der Waals surface area contributed by atoms with E-state index in [1.54, 1.807) is 7.05 Å². The van der Waals surface area contributed by atoms with Crippen molar-refractivity contribution in [2.24, 2.45) is 4.99 Å². The summed E-state index contributed by atoms with van der Waals surface area (Å²) in [5.74, 6) is 1.46. The number of rotatable bonds is 5. The van der Waals surface area contributed by atoms with Crippen LogP contribution in [-0.4, -0.2) is 37.6 Å². The van der Waals surface area contributed by atoms with Crippen LogP contribution < -0.4 is 20.3 Å². The Bertz CT molecular complexity index is 886. The van der Waals surface area contributed by atoms with Crippen molar-refractivity contribution in [1.29, 1.82) is 0 Å². The van der Waals surface area contributed by atoms with Crippen LogP contribution in [0.15, 0.2) is 53.5 Å². The van der Waals surface area contributed by atoms with Gasteiger partial charge in [-0.1, -0.05) is 36.4 Å². The smallest absolute Gasteiger partial charge is 0.246 e. The Balaban J connectivity index is 1.55. The monoisotopic (exact) mass is 394 g/mol. The van der Waals surface area contributed by atoms with Crippen molar-refractivity contribution in [2.45, 2.75) is 39.3 Å². The average molecular weight is 395 g/mol. The molecule has 0 saturated heterocycles. The average Bonchev–Trinajstić information content (AvgIpc) is 3.12. The maximum Gasteiger partial charge on any atom is 0.246 e. The van der Waals surface area contributed by atoms with Gasteiger partial charge in [-0.2, -0.15) is 0 Å². The van der Waals surface area contributed by atoms with Gasteiger partial charge in [-0.25, -0.2) is 0 Å². The number of aliphatic imine (C=N–C) groups is 1. The first kappa shape index (κ1) is 20.7. The van der Waals surface area contributed by atoms with Crippen molar-refractivity contribution >= 4 is 17.6 Å². The van der Waals surface area contributed by atoms with E-state index in [1.807, 2.05) is 68.1 Å². The Kier molecular flexibility index (Phi) is 6.42. The lowest BCUT2D eigenvalue weighted by Crippen LogP contribution is -2.44. The number of carbonyl (C=O) groups excluding carboxylic acids is 1. The van der Waals surface area contributed by atoms with E-state index < -0.39 is 0 Å². The van der Waals surface area contributed by atoms with Crippen LogP contribution in [-0.2, 0) is 17.8 Å². The van der Waals surface area contributed by atoms with Crippen LogP contribution in [0.3, 0.4) is 0 Å². The molecule has 3 rings (SSSR count). The van der Waals surface area contributed by atoms with Crippen LogP contribution in [0.4, 0.5) is 5.69 Å². The topological polar surface area (TPSA) is 66.0 Å². The second-order valence-corrected chi connectivity index (χ2v) is 8.03. The highest BCUT2D eigenvalue weighted by molar-refractivity contribution is 5.98. The van der Waals surface area contributed by atoms with Crippen molar-refractivity contribution in [3.63, 3.8) is 0 Å². The van der Waals surface area contributed by atoms with E-state index in [1.165, 1.54) is 5.56 Å². The van der Waals surface area contributed by atoms with Gasteiger partial charge in [0.15, 0.2) is 5.96 Å². The van der Waals surface area contributed by atoms with Crippen molar-refractivity contribution in [2.75, 3.05) is 25.0 Å². The Morgan fingerprint density at radius 2 is 1.83 bits per heavy atom. The molecule has 0 aliphatic carbocycles. The van der Waals surface area contributed by atoms with Gasteiger partial charge in [0.05, 0.1) is 6.54 Å². The lowest BCUT2D eigenvalue weighted by atomic mass is 10.1. The number of ether oxygens (including phenoxy) is 1. The summed E-state index contributed by atoms with van der Waals surface area (Å²) in [5, 5.41) is 6.39. The number of para-hydroxylation sites is 2. The first-order valence-corrected chi connectivity index (χ1v) is 9.97. The SMILES string of the molecule is CN=C(NCC(=O)N1CCc2ccccc21)NCc1ccccc1OC(C)(C)C. The van der Waals surface area contributed by atoms with Gasteiger partial charge in [-0.3, -0.25) is 9.79 Å². The van der Waals surface area contributed by atoms with E-state index in [0.717, 1.165) is 30.0 Å². The Labute approximate surface area is 173 Å². The number of hydrogen-bond acceptors (Lipinski definition) is 3. The second kappa shape index (κ2) is 8.99. The zero-order valence-corrected chi connectivity index (χ0v) is 17.7. The van der Waals surface area contributed by atoms with Crippen LogP contribution in [0.2, 0.25) is 0 Å². The lowest BCUT2D eigenvalue weighted by molar-refractivity contribution is -0.117. The molecule has 0 atom stereocenters. The number of nitrogens with zero attached hydrogens (tertiary/aromatic N) is 2. The molecule has 0 bridgehead atoms. The summed E-state index contributed by atoms with van der Waals surface area (Å²) in [6.07, 6.45) is 0.902. The van der Waals surface area contributed by atoms with Gasteiger partial charge < -0.3 is 20.3 Å². The van der Waals surface area contributed by atoms with Gasteiger partial charge >= 0.3 is 0 Å². The fourth-order valence-corrected chi connectivity index (χ4v) is 3.33. The fraction of sp³-hybridized carbons (Fsp3) is 0.391. The molecule has 0 unspecified atom stereocenters. The zero-order chi connectivity index (χ0) is 20.9. The molecule has 2 N–H and O–H groups in total. The Hall–Kier alpha value is -3.02. The number of nitrogens with one attached hydrogen (secondary N) is 2. The van der Waals surface area contributed by atoms with E-state index in [-0.39, 0.29) is 18.1 Å². The highest BCUT2D eigenvalue weighted by atomic mass is 16.5. The fourth-order valence-electron chi connectivity index (χ4n) is 3.33. The van der Waals surface area contributed by atoms with E-state index in [2.05, 4.69) is 21.7 Å². The highest BCUT2D eigenvalue weighted by Gasteiger charge is 2.24. The number of guanidine groups is 1. The van der Waals surface area contributed by atoms with Gasteiger partial charge in [0.2, 0.25) is 5.91 Å². The molecule has 0 saturated carbocycles. The summed E-state index contributed by atoms with van der Waals surface area (Å²) < 4.78 is 6.04. The number of fused-ring (bicyclic) bond motifs is 1. The van der Waals surface area contributed by atoms with Crippen LogP contribution in [0.25, 0.3) is 0 Å². The Morgan fingerprint density at radius 3 is 2.59 bits per heavy atom. The summed E-state index contributed by atoms with van der Waals surface area (Å²) in [6.45, 7) is 7.55.